The minimum atomic E-state index is 0.164. The van der Waals surface area contributed by atoms with Crippen molar-refractivity contribution in [2.45, 2.75) is 64.3 Å². The summed E-state index contributed by atoms with van der Waals surface area (Å²) in [5.74, 6) is 2.18. The Kier molecular flexibility index (Phi) is 7.21. The molecule has 1 aliphatic carbocycles. The van der Waals surface area contributed by atoms with Crippen molar-refractivity contribution in [3.05, 3.63) is 41.6 Å². The molecule has 2 aliphatic rings. The number of carbonyl (C=O) groups excluding carboxylic acids is 1. The maximum absolute atomic E-state index is 12.5. The predicted octanol–water partition coefficient (Wildman–Crippen LogP) is 4.32. The van der Waals surface area contributed by atoms with Crippen LogP contribution in [0.5, 0.6) is 0 Å². The number of aromatic nitrogens is 2. The van der Waals surface area contributed by atoms with Crippen LogP contribution in [0.4, 0.5) is 17.5 Å². The molecule has 2 aromatic rings. The maximum Gasteiger partial charge on any atom is 0.229 e. The summed E-state index contributed by atoms with van der Waals surface area (Å²) in [4.78, 5) is 24.1. The molecule has 0 spiro atoms. The SMILES string of the molecule is CCCc1cc(N2CC[C@H](NC(=O)CC3CCCC3)C2)nc(Nc2cccc(C#N)c2)n1. The number of nitriles is 1. The van der Waals surface area contributed by atoms with Gasteiger partial charge in [0.05, 0.1) is 11.6 Å². The first-order valence-corrected chi connectivity index (χ1v) is 11.8. The van der Waals surface area contributed by atoms with Gasteiger partial charge in [0.2, 0.25) is 11.9 Å². The molecule has 1 amide bonds. The Hall–Kier alpha value is -3.14. The van der Waals surface area contributed by atoms with Gasteiger partial charge in [-0.1, -0.05) is 32.3 Å². The van der Waals surface area contributed by atoms with Crippen molar-refractivity contribution >= 4 is 23.4 Å². The van der Waals surface area contributed by atoms with Crippen LogP contribution < -0.4 is 15.5 Å². The Balaban J connectivity index is 1.43. The zero-order valence-electron chi connectivity index (χ0n) is 18.8. The third kappa shape index (κ3) is 5.76. The fraction of sp³-hybridized carbons (Fsp3) is 0.520. The van der Waals surface area contributed by atoms with Crippen molar-refractivity contribution in [2.24, 2.45) is 5.92 Å². The van der Waals surface area contributed by atoms with Crippen LogP contribution in [0.1, 0.15) is 63.1 Å². The van der Waals surface area contributed by atoms with E-state index in [4.69, 9.17) is 10.2 Å². The molecule has 0 unspecified atom stereocenters. The van der Waals surface area contributed by atoms with Gasteiger partial charge in [0.25, 0.3) is 0 Å². The van der Waals surface area contributed by atoms with Crippen molar-refractivity contribution < 1.29 is 4.79 Å². The lowest BCUT2D eigenvalue weighted by atomic mass is 10.0. The van der Waals surface area contributed by atoms with Crippen molar-refractivity contribution in [2.75, 3.05) is 23.3 Å². The fourth-order valence-electron chi connectivity index (χ4n) is 4.73. The third-order valence-corrected chi connectivity index (χ3v) is 6.35. The Morgan fingerprint density at radius 2 is 2.06 bits per heavy atom. The van der Waals surface area contributed by atoms with Crippen LogP contribution in [0.3, 0.4) is 0 Å². The molecule has 7 nitrogen and oxygen atoms in total. The van der Waals surface area contributed by atoms with Gasteiger partial charge < -0.3 is 15.5 Å². The van der Waals surface area contributed by atoms with Gasteiger partial charge in [0, 0.05) is 43.0 Å². The second kappa shape index (κ2) is 10.4. The molecule has 4 rings (SSSR count). The van der Waals surface area contributed by atoms with E-state index in [9.17, 15) is 4.79 Å². The maximum atomic E-state index is 12.5. The summed E-state index contributed by atoms with van der Waals surface area (Å²) in [5.41, 5.74) is 2.38. The van der Waals surface area contributed by atoms with Crippen LogP contribution in [0.2, 0.25) is 0 Å². The van der Waals surface area contributed by atoms with Gasteiger partial charge in [-0.2, -0.15) is 10.2 Å². The summed E-state index contributed by atoms with van der Waals surface area (Å²) in [6.07, 6.45) is 8.38. The standard InChI is InChI=1S/C25H32N6O/c1-2-6-20-15-23(30-25(28-20)29-21-10-5-9-19(13-21)16-26)31-12-11-22(17-31)27-24(32)14-18-7-3-4-8-18/h5,9-10,13,15,18,22H,2-4,6-8,11-12,14,17H2,1H3,(H,27,32)(H,28,29,30)/t22-/m0/s1. The van der Waals surface area contributed by atoms with Crippen LogP contribution in [0.25, 0.3) is 0 Å². The summed E-state index contributed by atoms with van der Waals surface area (Å²) in [5, 5.41) is 15.6. The molecular formula is C25H32N6O. The number of rotatable bonds is 8. The second-order valence-electron chi connectivity index (χ2n) is 8.96. The number of nitrogens with one attached hydrogen (secondary N) is 2. The molecule has 2 N–H and O–H groups in total. The zero-order chi connectivity index (χ0) is 22.3. The van der Waals surface area contributed by atoms with Crippen LogP contribution >= 0.6 is 0 Å². The van der Waals surface area contributed by atoms with Crippen LogP contribution in [0, 0.1) is 17.2 Å². The summed E-state index contributed by atoms with van der Waals surface area (Å²) in [6, 6.07) is 11.7. The largest absolute Gasteiger partial charge is 0.354 e. The van der Waals surface area contributed by atoms with Crippen molar-refractivity contribution in [3.8, 4) is 6.07 Å². The highest BCUT2D eigenvalue weighted by molar-refractivity contribution is 5.76. The molecule has 1 saturated carbocycles. The fourth-order valence-corrected chi connectivity index (χ4v) is 4.73. The minimum absolute atomic E-state index is 0.164. The van der Waals surface area contributed by atoms with Gasteiger partial charge in [-0.05, 0) is 49.8 Å². The normalized spacial score (nSPS) is 18.5. The van der Waals surface area contributed by atoms with E-state index in [1.54, 1.807) is 12.1 Å². The number of amides is 1. The van der Waals surface area contributed by atoms with E-state index in [2.05, 4.69) is 39.6 Å². The van der Waals surface area contributed by atoms with Crippen LogP contribution in [-0.4, -0.2) is 35.0 Å². The summed E-state index contributed by atoms with van der Waals surface area (Å²) in [6.45, 7) is 3.76. The van der Waals surface area contributed by atoms with E-state index in [0.717, 1.165) is 49.6 Å². The average Bonchev–Trinajstić information content (AvgIpc) is 3.46. The van der Waals surface area contributed by atoms with E-state index in [-0.39, 0.29) is 11.9 Å². The van der Waals surface area contributed by atoms with Gasteiger partial charge in [0.15, 0.2) is 0 Å². The Morgan fingerprint density at radius 3 is 2.84 bits per heavy atom. The van der Waals surface area contributed by atoms with Crippen molar-refractivity contribution in [1.29, 1.82) is 5.26 Å². The summed E-state index contributed by atoms with van der Waals surface area (Å²) >= 11 is 0. The first kappa shape index (κ1) is 22.1. The van der Waals surface area contributed by atoms with E-state index in [1.807, 2.05) is 12.1 Å². The molecule has 1 aromatic carbocycles. The van der Waals surface area contributed by atoms with Crippen molar-refractivity contribution in [3.63, 3.8) is 0 Å². The van der Waals surface area contributed by atoms with Crippen LogP contribution in [0.15, 0.2) is 30.3 Å². The highest BCUT2D eigenvalue weighted by Crippen LogP contribution is 2.28. The molecule has 1 atom stereocenters. The lowest BCUT2D eigenvalue weighted by Gasteiger charge is -2.20. The van der Waals surface area contributed by atoms with E-state index in [1.165, 1.54) is 25.7 Å². The smallest absolute Gasteiger partial charge is 0.229 e. The number of hydrogen-bond donors (Lipinski definition) is 2. The molecule has 1 aromatic heterocycles. The number of nitrogens with zero attached hydrogens (tertiary/aromatic N) is 4. The topological polar surface area (TPSA) is 93.9 Å². The number of aryl methyl sites for hydroxylation is 1. The van der Waals surface area contributed by atoms with Gasteiger partial charge in [-0.25, -0.2) is 4.98 Å². The third-order valence-electron chi connectivity index (χ3n) is 6.35. The van der Waals surface area contributed by atoms with Gasteiger partial charge in [-0.3, -0.25) is 4.79 Å². The van der Waals surface area contributed by atoms with Crippen LogP contribution in [-0.2, 0) is 11.2 Å². The number of hydrogen-bond acceptors (Lipinski definition) is 6. The van der Waals surface area contributed by atoms with E-state index in [0.29, 0.717) is 23.9 Å². The highest BCUT2D eigenvalue weighted by Gasteiger charge is 2.27. The number of anilines is 3. The van der Waals surface area contributed by atoms with E-state index >= 15 is 0 Å². The summed E-state index contributed by atoms with van der Waals surface area (Å²) in [7, 11) is 0. The molecule has 32 heavy (non-hydrogen) atoms. The van der Waals surface area contributed by atoms with Crippen molar-refractivity contribution in [1.82, 2.24) is 15.3 Å². The Labute approximate surface area is 190 Å². The molecule has 7 heteroatoms. The first-order valence-electron chi connectivity index (χ1n) is 11.8. The zero-order valence-corrected chi connectivity index (χ0v) is 18.8. The monoisotopic (exact) mass is 432 g/mol. The highest BCUT2D eigenvalue weighted by atomic mass is 16.1. The minimum Gasteiger partial charge on any atom is -0.354 e. The average molecular weight is 433 g/mol. The molecular weight excluding hydrogens is 400 g/mol. The quantitative estimate of drug-likeness (QED) is 0.645. The second-order valence-corrected chi connectivity index (χ2v) is 8.96. The molecule has 2 fully saturated rings. The molecule has 168 valence electrons. The van der Waals surface area contributed by atoms with Gasteiger partial charge in [-0.15, -0.1) is 0 Å². The lowest BCUT2D eigenvalue weighted by Crippen LogP contribution is -2.37. The van der Waals surface area contributed by atoms with E-state index < -0.39 is 0 Å². The molecule has 0 bridgehead atoms. The summed E-state index contributed by atoms with van der Waals surface area (Å²) < 4.78 is 0. The lowest BCUT2D eigenvalue weighted by molar-refractivity contribution is -0.122. The molecule has 1 aliphatic heterocycles. The Morgan fingerprint density at radius 1 is 1.22 bits per heavy atom. The Bertz CT molecular complexity index is 979. The molecule has 2 heterocycles. The number of benzene rings is 1. The number of carbonyl (C=O) groups is 1. The predicted molar refractivity (Wildman–Crippen MR) is 126 cm³/mol. The molecule has 1 saturated heterocycles. The van der Waals surface area contributed by atoms with Gasteiger partial charge >= 0.3 is 0 Å². The van der Waals surface area contributed by atoms with Gasteiger partial charge in [0.1, 0.15) is 5.82 Å². The molecule has 0 radical (unpaired) electrons. The first-order chi connectivity index (χ1) is 15.6.